The van der Waals surface area contributed by atoms with Crippen molar-refractivity contribution in [2.75, 3.05) is 0 Å². The maximum absolute atomic E-state index is 5.53. The fraction of sp³-hybridized carbons (Fsp3) is 0.231. The summed E-state index contributed by atoms with van der Waals surface area (Å²) in [5.74, 6) is 2.82. The molecule has 1 nitrogen and oxygen atoms in total. The topological polar surface area (TPSA) is 15.8 Å². The molecule has 1 heterocycles. The molecule has 1 aromatic carbocycles. The number of H-pyrrole nitrogens is 1. The molecule has 14 heavy (non-hydrogen) atoms. The summed E-state index contributed by atoms with van der Waals surface area (Å²) < 4.78 is 0. The molecule has 2 aromatic rings. The van der Waals surface area contributed by atoms with Gasteiger partial charge in [-0.1, -0.05) is 24.1 Å². The van der Waals surface area contributed by atoms with Crippen molar-refractivity contribution in [1.82, 2.24) is 4.98 Å². The normalized spacial score (nSPS) is 11.5. The molecule has 1 aromatic heterocycles. The summed E-state index contributed by atoms with van der Waals surface area (Å²) in [6, 6.07) is 8.27. The summed E-state index contributed by atoms with van der Waals surface area (Å²) in [5.41, 5.74) is 2.11. The van der Waals surface area contributed by atoms with Crippen LogP contribution in [0.5, 0.6) is 0 Å². The second kappa shape index (κ2) is 2.92. The smallest absolute Gasteiger partial charge is 0.0524 e. The summed E-state index contributed by atoms with van der Waals surface area (Å²) in [5, 5.41) is 1.21. The van der Waals surface area contributed by atoms with E-state index in [1.165, 1.54) is 10.9 Å². The van der Waals surface area contributed by atoms with E-state index < -0.39 is 0 Å². The van der Waals surface area contributed by atoms with Crippen LogP contribution in [0.1, 0.15) is 19.4 Å². The molecule has 0 saturated carbocycles. The van der Waals surface area contributed by atoms with Gasteiger partial charge in [0.2, 0.25) is 0 Å². The lowest BCUT2D eigenvalue weighted by molar-refractivity contribution is 0.705. The Morgan fingerprint density at radius 2 is 2.07 bits per heavy atom. The molecule has 0 radical (unpaired) electrons. The molecule has 70 valence electrons. The predicted molar refractivity (Wildman–Crippen MR) is 60.2 cm³/mol. The number of hydrogen-bond acceptors (Lipinski definition) is 0. The van der Waals surface area contributed by atoms with Gasteiger partial charge in [0, 0.05) is 6.20 Å². The number of nitrogens with one attached hydrogen (secondary N) is 1. The van der Waals surface area contributed by atoms with E-state index in [1.54, 1.807) is 0 Å². The number of benzene rings is 1. The van der Waals surface area contributed by atoms with Gasteiger partial charge in [-0.2, -0.15) is 0 Å². The third kappa shape index (κ3) is 1.20. The van der Waals surface area contributed by atoms with Gasteiger partial charge in [-0.05, 0) is 30.9 Å². The van der Waals surface area contributed by atoms with E-state index in [9.17, 15) is 0 Å². The number of rotatable bonds is 1. The van der Waals surface area contributed by atoms with Gasteiger partial charge in [-0.25, -0.2) is 0 Å². The standard InChI is InChI=1S/C13H13N/c1-4-13(2,3)11-7-5-6-10-8-9-14-12(10)11/h1,5-9,14H,2-3H3. The van der Waals surface area contributed by atoms with Crippen LogP contribution in [0.4, 0.5) is 0 Å². The molecule has 0 atom stereocenters. The van der Waals surface area contributed by atoms with Crippen LogP contribution < -0.4 is 0 Å². The zero-order valence-electron chi connectivity index (χ0n) is 8.46. The Hall–Kier alpha value is -1.68. The first kappa shape index (κ1) is 8.90. The van der Waals surface area contributed by atoms with Gasteiger partial charge in [-0.3, -0.25) is 0 Å². The summed E-state index contributed by atoms with van der Waals surface area (Å²) in [6.07, 6.45) is 7.48. The van der Waals surface area contributed by atoms with E-state index in [1.807, 2.05) is 12.3 Å². The predicted octanol–water partition coefficient (Wildman–Crippen LogP) is 3.08. The molecule has 0 aliphatic rings. The van der Waals surface area contributed by atoms with Crippen LogP contribution in [0.25, 0.3) is 10.9 Å². The number of fused-ring (bicyclic) bond motifs is 1. The largest absolute Gasteiger partial charge is 0.361 e. The minimum absolute atomic E-state index is 0.218. The fourth-order valence-electron chi connectivity index (χ4n) is 1.68. The molecule has 0 amide bonds. The average molecular weight is 183 g/mol. The molecular formula is C13H13N. The molecule has 0 aliphatic heterocycles. The monoisotopic (exact) mass is 183 g/mol. The zero-order chi connectivity index (χ0) is 10.2. The van der Waals surface area contributed by atoms with Crippen LogP contribution in [0.3, 0.4) is 0 Å². The molecule has 0 fully saturated rings. The molecule has 0 aliphatic carbocycles. The highest BCUT2D eigenvalue weighted by Crippen LogP contribution is 2.28. The third-order valence-corrected chi connectivity index (χ3v) is 2.62. The van der Waals surface area contributed by atoms with Crippen LogP contribution in [-0.2, 0) is 5.41 Å². The van der Waals surface area contributed by atoms with E-state index in [2.05, 4.69) is 43.0 Å². The second-order valence-corrected chi connectivity index (χ2v) is 4.02. The Bertz CT molecular complexity index is 497. The number of para-hydroxylation sites is 1. The molecule has 1 N–H and O–H groups in total. The number of aromatic amines is 1. The van der Waals surface area contributed by atoms with E-state index in [4.69, 9.17) is 6.42 Å². The van der Waals surface area contributed by atoms with Crippen LogP contribution in [0.15, 0.2) is 30.5 Å². The highest BCUT2D eigenvalue weighted by atomic mass is 14.7. The molecule has 0 bridgehead atoms. The summed E-state index contributed by atoms with van der Waals surface area (Å²) >= 11 is 0. The van der Waals surface area contributed by atoms with E-state index >= 15 is 0 Å². The van der Waals surface area contributed by atoms with Crippen LogP contribution in [-0.4, -0.2) is 4.98 Å². The minimum atomic E-state index is -0.218. The quantitative estimate of drug-likeness (QED) is 0.654. The number of aromatic nitrogens is 1. The van der Waals surface area contributed by atoms with E-state index in [0.29, 0.717) is 0 Å². The summed E-state index contributed by atoms with van der Waals surface area (Å²) in [4.78, 5) is 3.23. The van der Waals surface area contributed by atoms with Crippen LogP contribution in [0.2, 0.25) is 0 Å². The van der Waals surface area contributed by atoms with Crippen molar-refractivity contribution >= 4 is 10.9 Å². The molecular weight excluding hydrogens is 170 g/mol. The van der Waals surface area contributed by atoms with Gasteiger partial charge in [0.1, 0.15) is 0 Å². The maximum atomic E-state index is 5.53. The van der Waals surface area contributed by atoms with Crippen molar-refractivity contribution in [2.24, 2.45) is 0 Å². The Morgan fingerprint density at radius 1 is 1.29 bits per heavy atom. The highest BCUT2D eigenvalue weighted by molar-refractivity contribution is 5.83. The van der Waals surface area contributed by atoms with Gasteiger partial charge in [0.25, 0.3) is 0 Å². The summed E-state index contributed by atoms with van der Waals surface area (Å²) in [7, 11) is 0. The lowest BCUT2D eigenvalue weighted by Crippen LogP contribution is -2.14. The highest BCUT2D eigenvalue weighted by Gasteiger charge is 2.19. The van der Waals surface area contributed by atoms with Crippen molar-refractivity contribution in [3.05, 3.63) is 36.0 Å². The summed E-state index contributed by atoms with van der Waals surface area (Å²) in [6.45, 7) is 4.12. The van der Waals surface area contributed by atoms with Gasteiger partial charge < -0.3 is 4.98 Å². The Balaban J connectivity index is 2.75. The Morgan fingerprint density at radius 3 is 2.79 bits per heavy atom. The zero-order valence-corrected chi connectivity index (χ0v) is 8.46. The molecule has 2 rings (SSSR count). The lowest BCUT2D eigenvalue weighted by Gasteiger charge is -2.18. The van der Waals surface area contributed by atoms with Crippen molar-refractivity contribution in [1.29, 1.82) is 0 Å². The number of terminal acetylenes is 1. The van der Waals surface area contributed by atoms with Crippen LogP contribution >= 0.6 is 0 Å². The SMILES string of the molecule is C#CC(C)(C)c1cccc2cc[nH]c12. The first-order chi connectivity index (χ1) is 6.65. The van der Waals surface area contributed by atoms with Crippen molar-refractivity contribution < 1.29 is 0 Å². The van der Waals surface area contributed by atoms with Gasteiger partial charge in [0.15, 0.2) is 0 Å². The molecule has 0 saturated heterocycles. The van der Waals surface area contributed by atoms with Crippen molar-refractivity contribution in [3.63, 3.8) is 0 Å². The minimum Gasteiger partial charge on any atom is -0.361 e. The lowest BCUT2D eigenvalue weighted by atomic mass is 9.84. The van der Waals surface area contributed by atoms with Crippen molar-refractivity contribution in [3.8, 4) is 12.3 Å². The maximum Gasteiger partial charge on any atom is 0.0524 e. The van der Waals surface area contributed by atoms with E-state index in [0.717, 1.165) is 5.52 Å². The first-order valence-electron chi connectivity index (χ1n) is 4.69. The molecule has 0 spiro atoms. The van der Waals surface area contributed by atoms with Gasteiger partial charge in [0.05, 0.1) is 10.9 Å². The second-order valence-electron chi connectivity index (χ2n) is 4.02. The number of hydrogen-bond donors (Lipinski definition) is 1. The fourth-order valence-corrected chi connectivity index (χ4v) is 1.68. The third-order valence-electron chi connectivity index (χ3n) is 2.62. The Kier molecular flexibility index (Phi) is 1.86. The van der Waals surface area contributed by atoms with Crippen LogP contribution in [0, 0.1) is 12.3 Å². The molecule has 0 unspecified atom stereocenters. The average Bonchev–Trinajstić information content (AvgIpc) is 2.64. The van der Waals surface area contributed by atoms with Gasteiger partial charge >= 0.3 is 0 Å². The Labute approximate surface area is 84.1 Å². The van der Waals surface area contributed by atoms with E-state index in [-0.39, 0.29) is 5.41 Å². The molecule has 1 heteroatoms. The van der Waals surface area contributed by atoms with Gasteiger partial charge in [-0.15, -0.1) is 6.42 Å². The van der Waals surface area contributed by atoms with Crippen molar-refractivity contribution in [2.45, 2.75) is 19.3 Å². The first-order valence-corrected chi connectivity index (χ1v) is 4.69.